The fourth-order valence-corrected chi connectivity index (χ4v) is 5.22. The van der Waals surface area contributed by atoms with Gasteiger partial charge in [0.2, 0.25) is 5.91 Å². The van der Waals surface area contributed by atoms with Gasteiger partial charge in [0.15, 0.2) is 0 Å². The molecule has 3 nitrogen and oxygen atoms in total. The quantitative estimate of drug-likeness (QED) is 0.807. The lowest BCUT2D eigenvalue weighted by molar-refractivity contribution is -0.148. The van der Waals surface area contributed by atoms with Crippen LogP contribution in [0.5, 0.6) is 0 Å². The Hall–Kier alpha value is -0.570. The minimum atomic E-state index is 0.0281. The molecule has 1 aliphatic heterocycles. The predicted molar refractivity (Wildman–Crippen MR) is 85.7 cm³/mol. The maximum absolute atomic E-state index is 13.2. The lowest BCUT2D eigenvalue weighted by atomic mass is 9.60. The Labute approximate surface area is 129 Å². The van der Waals surface area contributed by atoms with Crippen LogP contribution >= 0.6 is 0 Å². The van der Waals surface area contributed by atoms with Crippen LogP contribution in [0.3, 0.4) is 0 Å². The number of fused-ring (bicyclic) bond motifs is 1. The van der Waals surface area contributed by atoms with Crippen molar-refractivity contribution < 1.29 is 4.79 Å². The summed E-state index contributed by atoms with van der Waals surface area (Å²) in [4.78, 5) is 15.5. The summed E-state index contributed by atoms with van der Waals surface area (Å²) in [7, 11) is 0. The van der Waals surface area contributed by atoms with Crippen LogP contribution in [-0.2, 0) is 4.79 Å². The molecule has 1 amide bonds. The van der Waals surface area contributed by atoms with Gasteiger partial charge in [-0.1, -0.05) is 27.2 Å². The highest BCUT2D eigenvalue weighted by Gasteiger charge is 2.48. The number of likely N-dealkylation sites (tertiary alicyclic amines) is 1. The first-order valence-corrected chi connectivity index (χ1v) is 8.99. The topological polar surface area (TPSA) is 46.3 Å². The summed E-state index contributed by atoms with van der Waals surface area (Å²) in [6.07, 6.45) is 8.41. The van der Waals surface area contributed by atoms with Crippen LogP contribution in [0.15, 0.2) is 0 Å². The summed E-state index contributed by atoms with van der Waals surface area (Å²) in [5.41, 5.74) is 6.28. The third-order valence-electron chi connectivity index (χ3n) is 7.08. The number of hydrogen-bond donors (Lipinski definition) is 1. The Morgan fingerprint density at radius 1 is 1.10 bits per heavy atom. The molecule has 5 unspecified atom stereocenters. The minimum Gasteiger partial charge on any atom is -0.339 e. The molecule has 1 saturated heterocycles. The molecule has 120 valence electrons. The molecule has 2 aliphatic carbocycles. The van der Waals surface area contributed by atoms with Gasteiger partial charge < -0.3 is 10.6 Å². The van der Waals surface area contributed by atoms with Crippen molar-refractivity contribution in [1.29, 1.82) is 0 Å². The predicted octanol–water partition coefficient (Wildman–Crippen LogP) is 3.18. The van der Waals surface area contributed by atoms with E-state index in [1.54, 1.807) is 0 Å². The molecule has 0 aromatic heterocycles. The van der Waals surface area contributed by atoms with Gasteiger partial charge in [-0.2, -0.15) is 0 Å². The molecule has 0 aromatic rings. The van der Waals surface area contributed by atoms with Gasteiger partial charge in [0.1, 0.15) is 0 Å². The van der Waals surface area contributed by atoms with Gasteiger partial charge in [0, 0.05) is 24.5 Å². The fourth-order valence-electron chi connectivity index (χ4n) is 5.22. The molecular formula is C18H32N2O. The Kier molecular flexibility index (Phi) is 4.06. The molecule has 5 atom stereocenters. The summed E-state index contributed by atoms with van der Waals surface area (Å²) in [5, 5.41) is 0. The summed E-state index contributed by atoms with van der Waals surface area (Å²) in [5.74, 6) is 1.82. The van der Waals surface area contributed by atoms with Crippen LogP contribution in [-0.4, -0.2) is 29.4 Å². The average Bonchev–Trinajstić information content (AvgIpc) is 2.92. The van der Waals surface area contributed by atoms with Gasteiger partial charge in [-0.3, -0.25) is 4.79 Å². The van der Waals surface area contributed by atoms with Crippen molar-refractivity contribution in [2.45, 2.75) is 77.8 Å². The van der Waals surface area contributed by atoms with Crippen LogP contribution in [0.4, 0.5) is 0 Å². The van der Waals surface area contributed by atoms with Gasteiger partial charge in [-0.05, 0) is 55.8 Å². The first-order valence-electron chi connectivity index (χ1n) is 8.99. The van der Waals surface area contributed by atoms with Crippen LogP contribution in [0.25, 0.3) is 0 Å². The normalized spacial score (nSPS) is 42.7. The van der Waals surface area contributed by atoms with E-state index < -0.39 is 0 Å². The van der Waals surface area contributed by atoms with E-state index in [9.17, 15) is 4.79 Å². The average molecular weight is 292 g/mol. The monoisotopic (exact) mass is 292 g/mol. The number of hydrogen-bond acceptors (Lipinski definition) is 2. The molecular weight excluding hydrogens is 260 g/mol. The van der Waals surface area contributed by atoms with E-state index >= 15 is 0 Å². The molecule has 21 heavy (non-hydrogen) atoms. The molecule has 3 fully saturated rings. The molecule has 0 radical (unpaired) electrons. The molecule has 3 aliphatic rings. The molecule has 0 spiro atoms. The Morgan fingerprint density at radius 3 is 2.57 bits per heavy atom. The second-order valence-electron chi connectivity index (χ2n) is 8.34. The minimum absolute atomic E-state index is 0.0281. The standard InChI is InChI=1S/C18H32N2O/c1-12-15(19)10-9-14(18(12,2)3)17(21)20-11-5-7-13-6-4-8-16(13)20/h12-16H,4-11,19H2,1-3H3. The van der Waals surface area contributed by atoms with Crippen molar-refractivity contribution in [3.63, 3.8) is 0 Å². The van der Waals surface area contributed by atoms with Crippen molar-refractivity contribution in [1.82, 2.24) is 4.90 Å². The van der Waals surface area contributed by atoms with E-state index in [4.69, 9.17) is 5.73 Å². The fraction of sp³-hybridized carbons (Fsp3) is 0.944. The van der Waals surface area contributed by atoms with Gasteiger partial charge in [-0.25, -0.2) is 0 Å². The number of nitrogens with two attached hydrogens (primary N) is 1. The second kappa shape index (κ2) is 5.57. The van der Waals surface area contributed by atoms with Crippen LogP contribution in [0.1, 0.15) is 65.7 Å². The molecule has 3 heteroatoms. The molecule has 2 N–H and O–H groups in total. The highest BCUT2D eigenvalue weighted by atomic mass is 16.2. The van der Waals surface area contributed by atoms with Gasteiger partial charge >= 0.3 is 0 Å². The van der Waals surface area contributed by atoms with Crippen molar-refractivity contribution in [3.8, 4) is 0 Å². The van der Waals surface area contributed by atoms with Gasteiger partial charge in [-0.15, -0.1) is 0 Å². The summed E-state index contributed by atoms with van der Waals surface area (Å²) in [6, 6.07) is 0.803. The summed E-state index contributed by atoms with van der Waals surface area (Å²) < 4.78 is 0. The lowest BCUT2D eigenvalue weighted by Crippen LogP contribution is -2.55. The van der Waals surface area contributed by atoms with E-state index in [0.29, 0.717) is 17.9 Å². The van der Waals surface area contributed by atoms with Gasteiger partial charge in [0.05, 0.1) is 0 Å². The third-order valence-corrected chi connectivity index (χ3v) is 7.08. The zero-order chi connectivity index (χ0) is 15.2. The maximum atomic E-state index is 13.2. The lowest BCUT2D eigenvalue weighted by Gasteiger charge is -2.49. The number of rotatable bonds is 1. The smallest absolute Gasteiger partial charge is 0.226 e. The molecule has 2 saturated carbocycles. The van der Waals surface area contributed by atoms with E-state index in [1.807, 2.05) is 0 Å². The van der Waals surface area contributed by atoms with E-state index in [-0.39, 0.29) is 17.4 Å². The zero-order valence-corrected chi connectivity index (χ0v) is 14.0. The van der Waals surface area contributed by atoms with Crippen LogP contribution in [0.2, 0.25) is 0 Å². The summed E-state index contributed by atoms with van der Waals surface area (Å²) >= 11 is 0. The number of carbonyl (C=O) groups is 1. The summed E-state index contributed by atoms with van der Waals surface area (Å²) in [6.45, 7) is 7.75. The van der Waals surface area contributed by atoms with E-state index in [2.05, 4.69) is 25.7 Å². The van der Waals surface area contributed by atoms with E-state index in [0.717, 1.165) is 25.3 Å². The number of carbonyl (C=O) groups excluding carboxylic acids is 1. The van der Waals surface area contributed by atoms with Crippen molar-refractivity contribution in [2.75, 3.05) is 6.54 Å². The molecule has 3 rings (SSSR count). The largest absolute Gasteiger partial charge is 0.339 e. The van der Waals surface area contributed by atoms with Crippen molar-refractivity contribution in [3.05, 3.63) is 0 Å². The highest BCUT2D eigenvalue weighted by Crippen LogP contribution is 2.46. The number of piperidine rings is 1. The highest BCUT2D eigenvalue weighted by molar-refractivity contribution is 5.80. The van der Waals surface area contributed by atoms with Crippen LogP contribution in [0, 0.1) is 23.2 Å². The van der Waals surface area contributed by atoms with Crippen LogP contribution < -0.4 is 5.73 Å². The Bertz CT molecular complexity index is 406. The second-order valence-corrected chi connectivity index (χ2v) is 8.34. The maximum Gasteiger partial charge on any atom is 0.226 e. The van der Waals surface area contributed by atoms with Crippen molar-refractivity contribution in [2.24, 2.45) is 28.9 Å². The Balaban J connectivity index is 1.78. The first kappa shape index (κ1) is 15.3. The third kappa shape index (κ3) is 2.52. The molecule has 0 aromatic carbocycles. The first-order chi connectivity index (χ1) is 9.93. The molecule has 0 bridgehead atoms. The van der Waals surface area contributed by atoms with Gasteiger partial charge in [0.25, 0.3) is 0 Å². The number of nitrogens with zero attached hydrogens (tertiary/aromatic N) is 1. The Morgan fingerprint density at radius 2 is 1.81 bits per heavy atom. The van der Waals surface area contributed by atoms with Crippen molar-refractivity contribution >= 4 is 5.91 Å². The van der Waals surface area contributed by atoms with E-state index in [1.165, 1.54) is 32.1 Å². The SMILES string of the molecule is CC1C(N)CCC(C(=O)N2CCCC3CCCC32)C1(C)C. The zero-order valence-electron chi connectivity index (χ0n) is 14.0. The molecule has 1 heterocycles. The number of amides is 1.